The highest BCUT2D eigenvalue weighted by atomic mass is 16.5. The van der Waals surface area contributed by atoms with Crippen LogP contribution < -0.4 is 5.32 Å². The second-order valence-electron chi connectivity index (χ2n) is 6.83. The minimum Gasteiger partial charge on any atom is -0.508 e. The van der Waals surface area contributed by atoms with Crippen LogP contribution in [-0.4, -0.2) is 32.6 Å². The van der Waals surface area contributed by atoms with Gasteiger partial charge in [-0.2, -0.15) is 0 Å². The van der Waals surface area contributed by atoms with Crippen LogP contribution in [0, 0.1) is 18.8 Å². The van der Waals surface area contributed by atoms with Gasteiger partial charge in [0.15, 0.2) is 11.5 Å². The molecule has 0 aliphatic rings. The van der Waals surface area contributed by atoms with E-state index in [1.165, 1.54) is 0 Å². The fraction of sp³-hybridized carbons (Fsp3) is 0.167. The van der Waals surface area contributed by atoms with Gasteiger partial charge in [0.25, 0.3) is 0 Å². The molecular weight excluding hydrogens is 376 g/mol. The van der Waals surface area contributed by atoms with Crippen LogP contribution >= 0.6 is 0 Å². The number of hydrogen-bond acceptors (Lipinski definition) is 5. The summed E-state index contributed by atoms with van der Waals surface area (Å²) in [5, 5.41) is 12.9. The van der Waals surface area contributed by atoms with Gasteiger partial charge in [-0.15, -0.1) is 0 Å². The summed E-state index contributed by atoms with van der Waals surface area (Å²) in [6, 6.07) is 16.9. The van der Waals surface area contributed by atoms with Crippen molar-refractivity contribution in [2.75, 3.05) is 18.5 Å². The monoisotopic (exact) mass is 398 g/mol. The Morgan fingerprint density at radius 2 is 1.97 bits per heavy atom. The standard InChI is InChI=1S/C24H22N4O2/c1-18-15-26-24-23(25-12-13-30-17-20-6-3-2-4-7-20)27-21(16-28(18)24)11-10-19-8-5-9-22(29)14-19/h2-9,14-16,29H,12-13,17H2,1H3,(H,25,27). The van der Waals surface area contributed by atoms with Crippen molar-refractivity contribution < 1.29 is 9.84 Å². The molecule has 0 amide bonds. The molecule has 4 aromatic rings. The topological polar surface area (TPSA) is 71.7 Å². The Morgan fingerprint density at radius 1 is 1.10 bits per heavy atom. The lowest BCUT2D eigenvalue weighted by molar-refractivity contribution is 0.130. The maximum absolute atomic E-state index is 9.60. The molecule has 0 bridgehead atoms. The lowest BCUT2D eigenvalue weighted by atomic mass is 10.2. The van der Waals surface area contributed by atoms with Gasteiger partial charge in [0, 0.05) is 30.2 Å². The molecule has 30 heavy (non-hydrogen) atoms. The number of anilines is 1. The fourth-order valence-corrected chi connectivity index (χ4v) is 3.01. The molecule has 150 valence electrons. The van der Waals surface area contributed by atoms with Crippen molar-refractivity contribution in [2.45, 2.75) is 13.5 Å². The maximum atomic E-state index is 9.60. The fourth-order valence-electron chi connectivity index (χ4n) is 3.01. The molecule has 0 unspecified atom stereocenters. The zero-order chi connectivity index (χ0) is 20.8. The van der Waals surface area contributed by atoms with Crippen molar-refractivity contribution in [3.63, 3.8) is 0 Å². The van der Waals surface area contributed by atoms with Gasteiger partial charge in [-0.3, -0.25) is 4.40 Å². The Balaban J connectivity index is 1.47. The van der Waals surface area contributed by atoms with Crippen LogP contribution in [0.5, 0.6) is 5.75 Å². The number of fused-ring (bicyclic) bond motifs is 1. The van der Waals surface area contributed by atoms with Crippen LogP contribution in [0.1, 0.15) is 22.5 Å². The first-order valence-corrected chi connectivity index (χ1v) is 9.70. The van der Waals surface area contributed by atoms with Crippen molar-refractivity contribution in [1.82, 2.24) is 14.4 Å². The maximum Gasteiger partial charge on any atom is 0.180 e. The van der Waals surface area contributed by atoms with Gasteiger partial charge >= 0.3 is 0 Å². The third kappa shape index (κ3) is 4.77. The highest BCUT2D eigenvalue weighted by molar-refractivity contribution is 5.64. The van der Waals surface area contributed by atoms with Gasteiger partial charge in [-0.25, -0.2) is 9.97 Å². The van der Waals surface area contributed by atoms with Crippen LogP contribution in [0.2, 0.25) is 0 Å². The quantitative estimate of drug-likeness (QED) is 0.382. The molecular formula is C24H22N4O2. The second-order valence-corrected chi connectivity index (χ2v) is 6.83. The molecule has 0 radical (unpaired) electrons. The number of benzene rings is 2. The van der Waals surface area contributed by atoms with Gasteiger partial charge < -0.3 is 15.2 Å². The molecule has 6 heteroatoms. The molecule has 0 aliphatic heterocycles. The van der Waals surface area contributed by atoms with E-state index in [9.17, 15) is 5.11 Å². The third-order valence-electron chi connectivity index (χ3n) is 4.51. The second kappa shape index (κ2) is 9.12. The molecule has 2 N–H and O–H groups in total. The average molecular weight is 398 g/mol. The minimum atomic E-state index is 0.188. The van der Waals surface area contributed by atoms with E-state index in [0.717, 1.165) is 22.5 Å². The molecule has 2 aromatic heterocycles. The van der Waals surface area contributed by atoms with E-state index in [4.69, 9.17) is 4.74 Å². The Labute approximate surface area is 175 Å². The number of nitrogens with one attached hydrogen (secondary N) is 1. The van der Waals surface area contributed by atoms with Gasteiger partial charge in [0.1, 0.15) is 11.4 Å². The van der Waals surface area contributed by atoms with Crippen LogP contribution in [0.4, 0.5) is 5.82 Å². The number of ether oxygens (including phenoxy) is 1. The Hall–Kier alpha value is -3.82. The van der Waals surface area contributed by atoms with E-state index in [-0.39, 0.29) is 5.75 Å². The molecule has 0 saturated carbocycles. The summed E-state index contributed by atoms with van der Waals surface area (Å²) in [7, 11) is 0. The van der Waals surface area contributed by atoms with Crippen molar-refractivity contribution >= 4 is 11.5 Å². The number of imidazole rings is 1. The lowest BCUT2D eigenvalue weighted by Crippen LogP contribution is -2.12. The van der Waals surface area contributed by atoms with Crippen LogP contribution in [0.25, 0.3) is 5.65 Å². The molecule has 4 rings (SSSR count). The first-order chi connectivity index (χ1) is 14.7. The zero-order valence-electron chi connectivity index (χ0n) is 16.7. The number of phenols is 1. The SMILES string of the molecule is Cc1cnc2c(NCCOCc3ccccc3)nc(C#Cc3cccc(O)c3)cn12. The van der Waals surface area contributed by atoms with E-state index in [1.54, 1.807) is 24.4 Å². The largest absolute Gasteiger partial charge is 0.508 e. The van der Waals surface area contributed by atoms with E-state index in [2.05, 4.69) is 27.1 Å². The number of nitrogens with zero attached hydrogens (tertiary/aromatic N) is 3. The van der Waals surface area contributed by atoms with E-state index < -0.39 is 0 Å². The molecule has 6 nitrogen and oxygen atoms in total. The molecule has 0 fully saturated rings. The highest BCUT2D eigenvalue weighted by Gasteiger charge is 2.08. The Bertz CT molecular complexity index is 1210. The smallest absolute Gasteiger partial charge is 0.180 e. The molecule has 2 heterocycles. The molecule has 0 atom stereocenters. The normalized spacial score (nSPS) is 10.6. The molecule has 0 spiro atoms. The summed E-state index contributed by atoms with van der Waals surface area (Å²) >= 11 is 0. The number of hydrogen-bond donors (Lipinski definition) is 2. The molecule has 0 saturated heterocycles. The number of phenolic OH excluding ortho intramolecular Hbond substituents is 1. The Morgan fingerprint density at radius 3 is 2.80 bits per heavy atom. The van der Waals surface area contributed by atoms with E-state index in [0.29, 0.717) is 31.3 Å². The van der Waals surface area contributed by atoms with Crippen molar-refractivity contribution in [3.05, 3.63) is 89.5 Å². The van der Waals surface area contributed by atoms with Gasteiger partial charge in [0.2, 0.25) is 0 Å². The van der Waals surface area contributed by atoms with E-state index >= 15 is 0 Å². The molecule has 2 aromatic carbocycles. The summed E-state index contributed by atoms with van der Waals surface area (Å²) in [5.41, 5.74) is 4.23. The molecule has 0 aliphatic carbocycles. The number of rotatable bonds is 6. The van der Waals surface area contributed by atoms with E-state index in [1.807, 2.05) is 53.9 Å². The minimum absolute atomic E-state index is 0.188. The summed E-state index contributed by atoms with van der Waals surface area (Å²) in [4.78, 5) is 9.07. The van der Waals surface area contributed by atoms with Crippen LogP contribution in [0.3, 0.4) is 0 Å². The van der Waals surface area contributed by atoms with Crippen molar-refractivity contribution in [2.24, 2.45) is 0 Å². The third-order valence-corrected chi connectivity index (χ3v) is 4.51. The van der Waals surface area contributed by atoms with Crippen LogP contribution in [0.15, 0.2) is 67.0 Å². The average Bonchev–Trinajstić information content (AvgIpc) is 3.14. The van der Waals surface area contributed by atoms with Crippen LogP contribution in [-0.2, 0) is 11.3 Å². The number of aromatic nitrogens is 3. The lowest BCUT2D eigenvalue weighted by Gasteiger charge is -2.09. The summed E-state index contributed by atoms with van der Waals surface area (Å²) < 4.78 is 7.70. The number of aryl methyl sites for hydroxylation is 1. The first-order valence-electron chi connectivity index (χ1n) is 9.70. The Kier molecular flexibility index (Phi) is 5.93. The van der Waals surface area contributed by atoms with Gasteiger partial charge in [0.05, 0.1) is 13.2 Å². The predicted molar refractivity (Wildman–Crippen MR) is 116 cm³/mol. The zero-order valence-corrected chi connectivity index (χ0v) is 16.7. The highest BCUT2D eigenvalue weighted by Crippen LogP contribution is 2.16. The summed E-state index contributed by atoms with van der Waals surface area (Å²) in [6.45, 7) is 3.70. The number of aromatic hydroxyl groups is 1. The van der Waals surface area contributed by atoms with Crippen molar-refractivity contribution in [1.29, 1.82) is 0 Å². The van der Waals surface area contributed by atoms with Gasteiger partial charge in [-0.05, 0) is 36.6 Å². The van der Waals surface area contributed by atoms with Crippen molar-refractivity contribution in [3.8, 4) is 17.6 Å². The predicted octanol–water partition coefficient (Wildman–Crippen LogP) is 3.77. The first kappa shape index (κ1) is 19.5. The summed E-state index contributed by atoms with van der Waals surface area (Å²) in [6.07, 6.45) is 3.67. The van der Waals surface area contributed by atoms with Gasteiger partial charge in [-0.1, -0.05) is 42.3 Å². The summed E-state index contributed by atoms with van der Waals surface area (Å²) in [5.74, 6) is 6.96.